The van der Waals surface area contributed by atoms with E-state index in [1.807, 2.05) is 56.3 Å². The first-order valence-electron chi connectivity index (χ1n) is 9.73. The predicted octanol–water partition coefficient (Wildman–Crippen LogP) is 2.76. The SMILES string of the molecule is Cc1cccc(NC(=O)Cn2nc(C(=O)N3CCOCC3)c3ccccc32)c1C. The van der Waals surface area contributed by atoms with Crippen LogP contribution in [0.5, 0.6) is 0 Å². The predicted molar refractivity (Wildman–Crippen MR) is 111 cm³/mol. The van der Waals surface area contributed by atoms with E-state index in [2.05, 4.69) is 10.4 Å². The summed E-state index contributed by atoms with van der Waals surface area (Å²) in [5.41, 5.74) is 4.08. The van der Waals surface area contributed by atoms with Gasteiger partial charge in [-0.2, -0.15) is 5.10 Å². The normalized spacial score (nSPS) is 14.2. The van der Waals surface area contributed by atoms with E-state index < -0.39 is 0 Å². The Labute approximate surface area is 169 Å². The Bertz CT molecular complexity index is 1070. The molecule has 2 aromatic carbocycles. The van der Waals surface area contributed by atoms with Crippen LogP contribution in [0.15, 0.2) is 42.5 Å². The molecule has 0 spiro atoms. The number of hydrogen-bond acceptors (Lipinski definition) is 4. The number of morpholine rings is 1. The van der Waals surface area contributed by atoms with E-state index in [-0.39, 0.29) is 18.4 Å². The average molecular weight is 392 g/mol. The van der Waals surface area contributed by atoms with E-state index >= 15 is 0 Å². The molecule has 1 aromatic heterocycles. The molecule has 0 unspecified atom stereocenters. The Hall–Kier alpha value is -3.19. The molecule has 7 nitrogen and oxygen atoms in total. The van der Waals surface area contributed by atoms with Gasteiger partial charge in [0.2, 0.25) is 5.91 Å². The Morgan fingerprint density at radius 1 is 1.07 bits per heavy atom. The van der Waals surface area contributed by atoms with Gasteiger partial charge in [-0.3, -0.25) is 14.3 Å². The molecule has 0 bridgehead atoms. The van der Waals surface area contributed by atoms with Gasteiger partial charge >= 0.3 is 0 Å². The number of rotatable bonds is 4. The molecule has 1 fully saturated rings. The van der Waals surface area contributed by atoms with E-state index in [4.69, 9.17) is 4.74 Å². The maximum atomic E-state index is 13.0. The molecule has 1 N–H and O–H groups in total. The largest absolute Gasteiger partial charge is 0.378 e. The minimum atomic E-state index is -0.183. The van der Waals surface area contributed by atoms with Crippen LogP contribution < -0.4 is 5.32 Å². The molecule has 0 atom stereocenters. The third-order valence-electron chi connectivity index (χ3n) is 5.33. The molecule has 2 heterocycles. The fourth-order valence-corrected chi connectivity index (χ4v) is 3.53. The van der Waals surface area contributed by atoms with Crippen molar-refractivity contribution in [1.82, 2.24) is 14.7 Å². The second kappa shape index (κ2) is 8.05. The number of ether oxygens (including phenoxy) is 1. The van der Waals surface area contributed by atoms with E-state index in [9.17, 15) is 9.59 Å². The Balaban J connectivity index is 1.60. The van der Waals surface area contributed by atoms with Crippen molar-refractivity contribution in [3.05, 3.63) is 59.3 Å². The number of carbonyl (C=O) groups excluding carboxylic acids is 2. The zero-order valence-corrected chi connectivity index (χ0v) is 16.6. The first-order valence-corrected chi connectivity index (χ1v) is 9.73. The van der Waals surface area contributed by atoms with Crippen LogP contribution in [0.3, 0.4) is 0 Å². The number of fused-ring (bicyclic) bond motifs is 1. The summed E-state index contributed by atoms with van der Waals surface area (Å²) < 4.78 is 6.93. The second-order valence-corrected chi connectivity index (χ2v) is 7.22. The molecule has 0 saturated carbocycles. The fraction of sp³-hybridized carbons (Fsp3) is 0.318. The topological polar surface area (TPSA) is 76.5 Å². The summed E-state index contributed by atoms with van der Waals surface area (Å²) in [5, 5.41) is 8.22. The van der Waals surface area contributed by atoms with Crippen LogP contribution in [0.4, 0.5) is 5.69 Å². The van der Waals surface area contributed by atoms with Gasteiger partial charge in [0.1, 0.15) is 6.54 Å². The maximum absolute atomic E-state index is 13.0. The number of aryl methyl sites for hydroxylation is 1. The van der Waals surface area contributed by atoms with Crippen molar-refractivity contribution in [2.75, 3.05) is 31.6 Å². The number of hydrogen-bond donors (Lipinski definition) is 1. The highest BCUT2D eigenvalue weighted by atomic mass is 16.5. The minimum Gasteiger partial charge on any atom is -0.378 e. The van der Waals surface area contributed by atoms with Crippen LogP contribution in [-0.2, 0) is 16.1 Å². The van der Waals surface area contributed by atoms with E-state index in [0.717, 1.165) is 27.7 Å². The van der Waals surface area contributed by atoms with E-state index in [0.29, 0.717) is 32.0 Å². The number of para-hydroxylation sites is 1. The highest BCUT2D eigenvalue weighted by Crippen LogP contribution is 2.21. The minimum absolute atomic E-state index is 0.0320. The standard InChI is InChI=1S/C22H24N4O3/c1-15-6-5-8-18(16(15)2)23-20(27)14-26-19-9-4-3-7-17(19)21(24-26)22(28)25-10-12-29-13-11-25/h3-9H,10-14H2,1-2H3,(H,23,27). The molecule has 29 heavy (non-hydrogen) atoms. The van der Waals surface area contributed by atoms with Crippen LogP contribution in [0.1, 0.15) is 21.6 Å². The molecular weight excluding hydrogens is 368 g/mol. The monoisotopic (exact) mass is 392 g/mol. The molecule has 2 amide bonds. The first-order chi connectivity index (χ1) is 14.0. The molecule has 7 heteroatoms. The summed E-state index contributed by atoms with van der Waals surface area (Å²) in [5.74, 6) is -0.310. The van der Waals surface area contributed by atoms with Crippen molar-refractivity contribution in [3.8, 4) is 0 Å². The summed E-state index contributed by atoms with van der Waals surface area (Å²) in [6.45, 7) is 6.18. The lowest BCUT2D eigenvalue weighted by Crippen LogP contribution is -2.41. The molecule has 0 aliphatic carbocycles. The average Bonchev–Trinajstić information content (AvgIpc) is 3.10. The number of anilines is 1. The Morgan fingerprint density at radius 3 is 2.62 bits per heavy atom. The van der Waals surface area contributed by atoms with Crippen LogP contribution in [0.25, 0.3) is 10.9 Å². The van der Waals surface area contributed by atoms with Crippen LogP contribution in [-0.4, -0.2) is 52.8 Å². The zero-order chi connectivity index (χ0) is 20.4. The number of aromatic nitrogens is 2. The number of benzene rings is 2. The summed E-state index contributed by atoms with van der Waals surface area (Å²) >= 11 is 0. The van der Waals surface area contributed by atoms with Gasteiger partial charge in [-0.15, -0.1) is 0 Å². The van der Waals surface area contributed by atoms with Crippen molar-refractivity contribution < 1.29 is 14.3 Å². The molecule has 0 radical (unpaired) electrons. The molecule has 1 aliphatic rings. The Morgan fingerprint density at radius 2 is 1.83 bits per heavy atom. The van der Waals surface area contributed by atoms with Crippen LogP contribution >= 0.6 is 0 Å². The van der Waals surface area contributed by atoms with Crippen molar-refractivity contribution >= 4 is 28.4 Å². The number of carbonyl (C=O) groups is 2. The quantitative estimate of drug-likeness (QED) is 0.741. The summed E-state index contributed by atoms with van der Waals surface area (Å²) in [7, 11) is 0. The van der Waals surface area contributed by atoms with E-state index in [1.54, 1.807) is 9.58 Å². The van der Waals surface area contributed by atoms with Crippen molar-refractivity contribution in [2.24, 2.45) is 0 Å². The molecule has 150 valence electrons. The number of amides is 2. The first kappa shape index (κ1) is 19.1. The molecule has 3 aromatic rings. The smallest absolute Gasteiger partial charge is 0.275 e. The fourth-order valence-electron chi connectivity index (χ4n) is 3.53. The van der Waals surface area contributed by atoms with Gasteiger partial charge < -0.3 is 15.0 Å². The third-order valence-corrected chi connectivity index (χ3v) is 5.33. The van der Waals surface area contributed by atoms with Crippen LogP contribution in [0.2, 0.25) is 0 Å². The number of nitrogens with one attached hydrogen (secondary N) is 1. The lowest BCUT2D eigenvalue weighted by atomic mass is 10.1. The van der Waals surface area contributed by atoms with Gasteiger partial charge in [0.15, 0.2) is 5.69 Å². The van der Waals surface area contributed by atoms with Gasteiger partial charge in [-0.25, -0.2) is 0 Å². The van der Waals surface area contributed by atoms with Gasteiger partial charge in [0.25, 0.3) is 5.91 Å². The van der Waals surface area contributed by atoms with Crippen molar-refractivity contribution in [3.63, 3.8) is 0 Å². The maximum Gasteiger partial charge on any atom is 0.275 e. The van der Waals surface area contributed by atoms with Crippen LogP contribution in [0, 0.1) is 13.8 Å². The van der Waals surface area contributed by atoms with Gasteiger partial charge in [0, 0.05) is 24.2 Å². The van der Waals surface area contributed by atoms with Crippen molar-refractivity contribution in [2.45, 2.75) is 20.4 Å². The highest BCUT2D eigenvalue weighted by molar-refractivity contribution is 6.05. The molecule has 1 aliphatic heterocycles. The lowest BCUT2D eigenvalue weighted by molar-refractivity contribution is -0.116. The van der Waals surface area contributed by atoms with Gasteiger partial charge in [-0.1, -0.05) is 30.3 Å². The van der Waals surface area contributed by atoms with Crippen molar-refractivity contribution in [1.29, 1.82) is 0 Å². The second-order valence-electron chi connectivity index (χ2n) is 7.22. The summed E-state index contributed by atoms with van der Waals surface area (Å²) in [6.07, 6.45) is 0. The number of nitrogens with zero attached hydrogens (tertiary/aromatic N) is 3. The highest BCUT2D eigenvalue weighted by Gasteiger charge is 2.24. The van der Waals surface area contributed by atoms with Gasteiger partial charge in [0.05, 0.1) is 18.7 Å². The third kappa shape index (κ3) is 3.86. The van der Waals surface area contributed by atoms with Gasteiger partial charge in [-0.05, 0) is 37.1 Å². The Kier molecular flexibility index (Phi) is 5.31. The molecule has 4 rings (SSSR count). The zero-order valence-electron chi connectivity index (χ0n) is 16.6. The molecule has 1 saturated heterocycles. The summed E-state index contributed by atoms with van der Waals surface area (Å²) in [6, 6.07) is 13.3. The molecular formula is C22H24N4O3. The summed E-state index contributed by atoms with van der Waals surface area (Å²) in [4.78, 5) is 27.4. The van der Waals surface area contributed by atoms with E-state index in [1.165, 1.54) is 0 Å². The lowest BCUT2D eigenvalue weighted by Gasteiger charge is -2.26.